The second-order valence-electron chi connectivity index (χ2n) is 6.49. The lowest BCUT2D eigenvalue weighted by molar-refractivity contribution is -0.125. The zero-order valence-corrected chi connectivity index (χ0v) is 15.6. The van der Waals surface area contributed by atoms with Crippen LogP contribution in [0.3, 0.4) is 0 Å². The number of rotatable bonds is 6. The summed E-state index contributed by atoms with van der Waals surface area (Å²) in [6, 6.07) is 1.57. The number of aromatic nitrogens is 3. The van der Waals surface area contributed by atoms with Gasteiger partial charge in [0.15, 0.2) is 0 Å². The number of hydrogen-bond acceptors (Lipinski definition) is 6. The molecule has 0 radical (unpaired) electrons. The lowest BCUT2D eigenvalue weighted by atomic mass is 9.97. The Bertz CT molecular complexity index is 800. The minimum absolute atomic E-state index is 0.0207. The maximum absolute atomic E-state index is 12.3. The second-order valence-corrected chi connectivity index (χ2v) is 7.43. The van der Waals surface area contributed by atoms with Gasteiger partial charge in [0.05, 0.1) is 5.92 Å². The molecule has 1 aliphatic rings. The molecule has 1 atom stereocenters. The maximum atomic E-state index is 12.3. The van der Waals surface area contributed by atoms with E-state index in [-0.39, 0.29) is 17.4 Å². The van der Waals surface area contributed by atoms with E-state index < -0.39 is 0 Å². The third kappa shape index (κ3) is 4.00. The predicted molar refractivity (Wildman–Crippen MR) is 99.4 cm³/mol. The van der Waals surface area contributed by atoms with E-state index >= 15 is 0 Å². The van der Waals surface area contributed by atoms with Crippen molar-refractivity contribution in [1.29, 1.82) is 0 Å². The number of nitrogens with zero attached hydrogens (tertiary/aromatic N) is 4. The van der Waals surface area contributed by atoms with Crippen LogP contribution in [0.1, 0.15) is 45.2 Å². The van der Waals surface area contributed by atoms with E-state index in [0.29, 0.717) is 11.5 Å². The fourth-order valence-corrected chi connectivity index (χ4v) is 4.08. The standard InChI is InChI=1S/C17H25N5O2S/c1-3-6-13-10-14(23)22-16(19-13)25-17(20-22)21-9-5-7-12(11-21)15(24)18-8-4-2/h10,12H,3-9,11H2,1-2H3,(H,18,24). The van der Waals surface area contributed by atoms with E-state index in [9.17, 15) is 9.59 Å². The molecule has 1 unspecified atom stereocenters. The van der Waals surface area contributed by atoms with Crippen molar-refractivity contribution in [2.75, 3.05) is 24.5 Å². The zero-order valence-electron chi connectivity index (χ0n) is 14.8. The first-order valence-corrected chi connectivity index (χ1v) is 9.86. The minimum atomic E-state index is -0.134. The molecule has 7 nitrogen and oxygen atoms in total. The molecule has 2 aromatic heterocycles. The molecule has 1 N–H and O–H groups in total. The third-order valence-corrected chi connectivity index (χ3v) is 5.37. The van der Waals surface area contributed by atoms with E-state index in [1.54, 1.807) is 6.07 Å². The summed E-state index contributed by atoms with van der Waals surface area (Å²) < 4.78 is 1.37. The van der Waals surface area contributed by atoms with Crippen molar-refractivity contribution >= 4 is 27.3 Å². The summed E-state index contributed by atoms with van der Waals surface area (Å²) in [4.78, 5) is 31.8. The summed E-state index contributed by atoms with van der Waals surface area (Å²) >= 11 is 1.42. The number of amides is 1. The molecule has 136 valence electrons. The molecule has 2 aromatic rings. The van der Waals surface area contributed by atoms with Crippen LogP contribution in [-0.2, 0) is 11.2 Å². The molecule has 1 amide bonds. The van der Waals surface area contributed by atoms with E-state index in [1.807, 2.05) is 6.92 Å². The third-order valence-electron chi connectivity index (χ3n) is 4.41. The van der Waals surface area contributed by atoms with Crippen LogP contribution >= 0.6 is 11.3 Å². The van der Waals surface area contributed by atoms with Crippen LogP contribution in [0, 0.1) is 5.92 Å². The smallest absolute Gasteiger partial charge is 0.275 e. The van der Waals surface area contributed by atoms with Crippen LogP contribution in [0.4, 0.5) is 5.13 Å². The summed E-state index contributed by atoms with van der Waals surface area (Å²) in [6.07, 6.45) is 4.53. The summed E-state index contributed by atoms with van der Waals surface area (Å²) in [5.41, 5.74) is 0.684. The highest BCUT2D eigenvalue weighted by atomic mass is 32.1. The maximum Gasteiger partial charge on any atom is 0.275 e. The minimum Gasteiger partial charge on any atom is -0.356 e. The van der Waals surface area contributed by atoms with Gasteiger partial charge < -0.3 is 10.2 Å². The number of nitrogens with one attached hydrogen (secondary N) is 1. The number of fused-ring (bicyclic) bond motifs is 1. The molecule has 25 heavy (non-hydrogen) atoms. The van der Waals surface area contributed by atoms with Crippen molar-refractivity contribution in [3.63, 3.8) is 0 Å². The molecule has 0 saturated carbocycles. The number of hydrogen-bond donors (Lipinski definition) is 1. The van der Waals surface area contributed by atoms with E-state index in [1.165, 1.54) is 15.9 Å². The normalized spacial score (nSPS) is 17.8. The van der Waals surface area contributed by atoms with E-state index in [0.717, 1.165) is 56.0 Å². The quantitative estimate of drug-likeness (QED) is 0.847. The second kappa shape index (κ2) is 7.95. The Morgan fingerprint density at radius 1 is 1.40 bits per heavy atom. The first-order valence-electron chi connectivity index (χ1n) is 9.04. The van der Waals surface area contributed by atoms with Crippen molar-refractivity contribution in [3.8, 4) is 0 Å². The monoisotopic (exact) mass is 363 g/mol. The molecule has 0 aromatic carbocycles. The number of aryl methyl sites for hydroxylation is 1. The molecule has 8 heteroatoms. The summed E-state index contributed by atoms with van der Waals surface area (Å²) in [7, 11) is 0. The average molecular weight is 363 g/mol. The van der Waals surface area contributed by atoms with Crippen molar-refractivity contribution < 1.29 is 4.79 Å². The van der Waals surface area contributed by atoms with Gasteiger partial charge in [-0.25, -0.2) is 4.98 Å². The van der Waals surface area contributed by atoms with Gasteiger partial charge in [0, 0.05) is 31.4 Å². The fraction of sp³-hybridized carbons (Fsp3) is 0.647. The summed E-state index contributed by atoms with van der Waals surface area (Å²) in [5.74, 6) is 0.0980. The van der Waals surface area contributed by atoms with Crippen molar-refractivity contribution in [1.82, 2.24) is 19.9 Å². The summed E-state index contributed by atoms with van der Waals surface area (Å²) in [6.45, 7) is 6.33. The van der Waals surface area contributed by atoms with Crippen LogP contribution in [0.5, 0.6) is 0 Å². The molecule has 3 rings (SSSR count). The van der Waals surface area contributed by atoms with E-state index in [2.05, 4.69) is 27.2 Å². The molecule has 0 bridgehead atoms. The molecule has 3 heterocycles. The van der Waals surface area contributed by atoms with Gasteiger partial charge >= 0.3 is 0 Å². The number of carbonyl (C=O) groups is 1. The summed E-state index contributed by atoms with van der Waals surface area (Å²) in [5, 5.41) is 8.20. The molecular formula is C17H25N5O2S. The Kier molecular flexibility index (Phi) is 5.67. The van der Waals surface area contributed by atoms with Gasteiger partial charge in [-0.1, -0.05) is 31.6 Å². The Labute approximate surface area is 151 Å². The SMILES string of the molecule is CCCNC(=O)C1CCCN(c2nn3c(=O)cc(CCC)nc3s2)C1. The van der Waals surface area contributed by atoms with Crippen molar-refractivity contribution in [3.05, 3.63) is 22.1 Å². The van der Waals surface area contributed by atoms with Crippen molar-refractivity contribution in [2.45, 2.75) is 46.0 Å². The fourth-order valence-electron chi connectivity index (χ4n) is 3.12. The lowest BCUT2D eigenvalue weighted by Crippen LogP contribution is -2.43. The Balaban J connectivity index is 1.80. The van der Waals surface area contributed by atoms with Gasteiger partial charge in [0.1, 0.15) is 0 Å². The average Bonchev–Trinajstić information content (AvgIpc) is 3.05. The highest BCUT2D eigenvalue weighted by Gasteiger charge is 2.27. The Morgan fingerprint density at radius 3 is 3.00 bits per heavy atom. The van der Waals surface area contributed by atoms with E-state index in [4.69, 9.17) is 0 Å². The largest absolute Gasteiger partial charge is 0.356 e. The van der Waals surface area contributed by atoms with Crippen LogP contribution in [0.2, 0.25) is 0 Å². The van der Waals surface area contributed by atoms with Gasteiger partial charge in [-0.3, -0.25) is 9.59 Å². The van der Waals surface area contributed by atoms with Gasteiger partial charge in [0.2, 0.25) is 16.0 Å². The van der Waals surface area contributed by atoms with Crippen LogP contribution < -0.4 is 15.8 Å². The number of anilines is 1. The lowest BCUT2D eigenvalue weighted by Gasteiger charge is -2.31. The van der Waals surface area contributed by atoms with Crippen LogP contribution in [0.15, 0.2) is 10.9 Å². The van der Waals surface area contributed by atoms with Gasteiger partial charge in [0.25, 0.3) is 5.56 Å². The highest BCUT2D eigenvalue weighted by Crippen LogP contribution is 2.27. The van der Waals surface area contributed by atoms with Gasteiger partial charge in [-0.15, -0.1) is 5.10 Å². The Hall–Kier alpha value is -1.96. The highest BCUT2D eigenvalue weighted by molar-refractivity contribution is 7.20. The molecule has 1 aliphatic heterocycles. The molecular weight excluding hydrogens is 338 g/mol. The first kappa shape index (κ1) is 17.8. The van der Waals surface area contributed by atoms with Crippen molar-refractivity contribution in [2.24, 2.45) is 5.92 Å². The number of piperidine rings is 1. The topological polar surface area (TPSA) is 79.6 Å². The van der Waals surface area contributed by atoms with Crippen LogP contribution in [-0.4, -0.2) is 40.1 Å². The zero-order chi connectivity index (χ0) is 17.8. The number of carbonyl (C=O) groups excluding carboxylic acids is 1. The molecule has 0 aliphatic carbocycles. The van der Waals surface area contributed by atoms with Gasteiger partial charge in [-0.05, 0) is 25.7 Å². The van der Waals surface area contributed by atoms with Crippen LogP contribution in [0.25, 0.3) is 4.96 Å². The van der Waals surface area contributed by atoms with Gasteiger partial charge in [-0.2, -0.15) is 4.52 Å². The molecule has 0 spiro atoms. The predicted octanol–water partition coefficient (Wildman–Crippen LogP) is 1.85. The molecule has 1 saturated heterocycles. The molecule has 1 fully saturated rings. The Morgan fingerprint density at radius 2 is 2.24 bits per heavy atom. The first-order chi connectivity index (χ1) is 12.1.